The first-order valence-electron chi connectivity index (χ1n) is 6.78. The van der Waals surface area contributed by atoms with Crippen molar-refractivity contribution in [1.82, 2.24) is 0 Å². The Bertz CT molecular complexity index is 616. The van der Waals surface area contributed by atoms with E-state index in [0.717, 1.165) is 0 Å². The third kappa shape index (κ3) is 3.72. The molecular formula is C14H18FNO4S. The molecular weight excluding hydrogens is 297 g/mol. The molecule has 1 aromatic carbocycles. The molecule has 0 saturated carbocycles. The Balaban J connectivity index is 2.26. The maximum Gasteiger partial charge on any atom is 0.331 e. The Kier molecular flexibility index (Phi) is 4.51. The summed E-state index contributed by atoms with van der Waals surface area (Å²) in [5.74, 6) is -1.10. The number of carbonyl (C=O) groups excluding carboxylic acids is 1. The number of anilines is 1. The number of carbonyl (C=O) groups is 1. The number of nitrogens with one attached hydrogen (secondary N) is 1. The van der Waals surface area contributed by atoms with Crippen LogP contribution >= 0.6 is 0 Å². The van der Waals surface area contributed by atoms with E-state index in [0.29, 0.717) is 5.69 Å². The summed E-state index contributed by atoms with van der Waals surface area (Å²) in [7, 11) is -3.12. The molecule has 0 unspecified atom stereocenters. The van der Waals surface area contributed by atoms with Gasteiger partial charge in [-0.05, 0) is 38.0 Å². The minimum absolute atomic E-state index is 0.0892. The minimum atomic E-state index is -3.12. The zero-order valence-electron chi connectivity index (χ0n) is 11.8. The van der Waals surface area contributed by atoms with Crippen LogP contribution in [0.1, 0.15) is 19.8 Å². The van der Waals surface area contributed by atoms with Gasteiger partial charge in [0.1, 0.15) is 11.4 Å². The van der Waals surface area contributed by atoms with Gasteiger partial charge < -0.3 is 10.1 Å². The monoisotopic (exact) mass is 315 g/mol. The molecule has 116 valence electrons. The van der Waals surface area contributed by atoms with Crippen molar-refractivity contribution in [2.24, 2.45) is 0 Å². The number of ether oxygens (including phenoxy) is 1. The van der Waals surface area contributed by atoms with Crippen LogP contribution in [-0.4, -0.2) is 38.0 Å². The first-order chi connectivity index (χ1) is 9.87. The fourth-order valence-corrected chi connectivity index (χ4v) is 3.90. The average molecular weight is 315 g/mol. The van der Waals surface area contributed by atoms with E-state index in [1.807, 2.05) is 0 Å². The summed E-state index contributed by atoms with van der Waals surface area (Å²) in [5.41, 5.74) is -0.683. The van der Waals surface area contributed by atoms with Crippen molar-refractivity contribution in [3.8, 4) is 0 Å². The molecule has 0 bridgehead atoms. The zero-order valence-corrected chi connectivity index (χ0v) is 12.6. The second kappa shape index (κ2) is 6.01. The predicted molar refractivity (Wildman–Crippen MR) is 77.3 cm³/mol. The van der Waals surface area contributed by atoms with E-state index in [9.17, 15) is 17.6 Å². The molecule has 0 aliphatic carbocycles. The molecule has 1 fully saturated rings. The number of rotatable bonds is 4. The Morgan fingerprint density at radius 1 is 1.38 bits per heavy atom. The minimum Gasteiger partial charge on any atom is -0.464 e. The maximum atomic E-state index is 13.3. The van der Waals surface area contributed by atoms with Gasteiger partial charge in [-0.15, -0.1) is 0 Å². The quantitative estimate of drug-likeness (QED) is 0.857. The summed E-state index contributed by atoms with van der Waals surface area (Å²) < 4.78 is 41.5. The van der Waals surface area contributed by atoms with Crippen LogP contribution in [0, 0.1) is 5.82 Å². The van der Waals surface area contributed by atoms with Crippen molar-refractivity contribution in [2.45, 2.75) is 25.3 Å². The molecule has 1 aromatic rings. The topological polar surface area (TPSA) is 72.5 Å². The highest BCUT2D eigenvalue weighted by Gasteiger charge is 2.44. The fraction of sp³-hybridized carbons (Fsp3) is 0.500. The highest BCUT2D eigenvalue weighted by Crippen LogP contribution is 2.30. The van der Waals surface area contributed by atoms with E-state index in [1.54, 1.807) is 13.0 Å². The van der Waals surface area contributed by atoms with Crippen molar-refractivity contribution < 1.29 is 22.3 Å². The van der Waals surface area contributed by atoms with Crippen molar-refractivity contribution in [1.29, 1.82) is 0 Å². The lowest BCUT2D eigenvalue weighted by atomic mass is 9.91. The molecule has 1 aliphatic heterocycles. The lowest BCUT2D eigenvalue weighted by Crippen LogP contribution is -2.52. The fourth-order valence-electron chi connectivity index (χ4n) is 2.38. The molecule has 0 radical (unpaired) electrons. The maximum absolute atomic E-state index is 13.3. The van der Waals surface area contributed by atoms with Crippen molar-refractivity contribution in [2.75, 3.05) is 23.4 Å². The van der Waals surface area contributed by atoms with Gasteiger partial charge in [0, 0.05) is 5.69 Å². The van der Waals surface area contributed by atoms with Gasteiger partial charge in [0.25, 0.3) is 0 Å². The van der Waals surface area contributed by atoms with E-state index in [1.165, 1.54) is 18.2 Å². The number of sulfone groups is 1. The number of benzene rings is 1. The van der Waals surface area contributed by atoms with Crippen LogP contribution in [-0.2, 0) is 19.4 Å². The number of hydrogen-bond acceptors (Lipinski definition) is 5. The summed E-state index contributed by atoms with van der Waals surface area (Å²) in [5, 5.41) is 2.98. The standard InChI is InChI=1S/C14H18FNO4S/c1-2-20-13(17)14(6-8-21(18,19)9-7-14)16-12-5-3-4-11(15)10-12/h3-5,10,16H,2,6-9H2,1H3. The largest absolute Gasteiger partial charge is 0.464 e. The Morgan fingerprint density at radius 2 is 2.05 bits per heavy atom. The van der Waals surface area contributed by atoms with Crippen LogP contribution in [0.4, 0.5) is 10.1 Å². The van der Waals surface area contributed by atoms with Gasteiger partial charge in [0.15, 0.2) is 9.84 Å². The SMILES string of the molecule is CCOC(=O)C1(Nc2cccc(F)c2)CCS(=O)(=O)CC1. The molecule has 0 atom stereocenters. The van der Waals surface area contributed by atoms with Gasteiger partial charge >= 0.3 is 5.97 Å². The second-order valence-corrected chi connectivity index (χ2v) is 7.39. The van der Waals surface area contributed by atoms with E-state index in [-0.39, 0.29) is 31.0 Å². The predicted octanol–water partition coefficient (Wildman–Crippen LogP) is 1.75. The van der Waals surface area contributed by atoms with Crippen LogP contribution in [0.5, 0.6) is 0 Å². The van der Waals surface area contributed by atoms with Crippen LogP contribution in [0.15, 0.2) is 24.3 Å². The first kappa shape index (κ1) is 15.8. The number of esters is 1. The molecule has 0 spiro atoms. The summed E-state index contributed by atoms with van der Waals surface area (Å²) in [4.78, 5) is 12.2. The molecule has 1 aliphatic rings. The van der Waals surface area contributed by atoms with Gasteiger partial charge in [-0.25, -0.2) is 17.6 Å². The third-order valence-corrected chi connectivity index (χ3v) is 5.21. The van der Waals surface area contributed by atoms with Gasteiger partial charge in [-0.2, -0.15) is 0 Å². The highest BCUT2D eigenvalue weighted by atomic mass is 32.2. The lowest BCUT2D eigenvalue weighted by Gasteiger charge is -2.36. The molecule has 1 heterocycles. The first-order valence-corrected chi connectivity index (χ1v) is 8.60. The van der Waals surface area contributed by atoms with E-state index >= 15 is 0 Å². The third-order valence-electron chi connectivity index (χ3n) is 3.55. The summed E-state index contributed by atoms with van der Waals surface area (Å²) in [6.45, 7) is 1.89. The van der Waals surface area contributed by atoms with Gasteiger partial charge in [0.05, 0.1) is 18.1 Å². The van der Waals surface area contributed by atoms with Gasteiger partial charge in [0.2, 0.25) is 0 Å². The molecule has 0 aromatic heterocycles. The summed E-state index contributed by atoms with van der Waals surface area (Å²) in [6.07, 6.45) is 0.232. The van der Waals surface area contributed by atoms with Crippen molar-refractivity contribution in [3.63, 3.8) is 0 Å². The van der Waals surface area contributed by atoms with Crippen molar-refractivity contribution >= 4 is 21.5 Å². The van der Waals surface area contributed by atoms with Crippen LogP contribution in [0.25, 0.3) is 0 Å². The van der Waals surface area contributed by atoms with E-state index in [4.69, 9.17) is 4.74 Å². The number of halogens is 1. The summed E-state index contributed by atoms with van der Waals surface area (Å²) >= 11 is 0. The Hall–Kier alpha value is -1.63. The average Bonchev–Trinajstić information content (AvgIpc) is 2.42. The smallest absolute Gasteiger partial charge is 0.331 e. The number of hydrogen-bond donors (Lipinski definition) is 1. The molecule has 5 nitrogen and oxygen atoms in total. The molecule has 7 heteroatoms. The second-order valence-electron chi connectivity index (χ2n) is 5.09. The van der Waals surface area contributed by atoms with Crippen LogP contribution in [0.2, 0.25) is 0 Å². The molecule has 1 saturated heterocycles. The molecule has 21 heavy (non-hydrogen) atoms. The zero-order chi connectivity index (χ0) is 15.5. The van der Waals surface area contributed by atoms with Gasteiger partial charge in [-0.3, -0.25) is 0 Å². The highest BCUT2D eigenvalue weighted by molar-refractivity contribution is 7.91. The van der Waals surface area contributed by atoms with Crippen LogP contribution in [0.3, 0.4) is 0 Å². The Labute approximate surface area is 123 Å². The molecule has 2 rings (SSSR count). The van der Waals surface area contributed by atoms with Gasteiger partial charge in [-0.1, -0.05) is 6.07 Å². The van der Waals surface area contributed by atoms with E-state index in [2.05, 4.69) is 5.32 Å². The summed E-state index contributed by atoms with van der Waals surface area (Å²) in [6, 6.07) is 5.72. The normalized spacial score (nSPS) is 19.7. The molecule has 1 N–H and O–H groups in total. The molecule has 0 amide bonds. The van der Waals surface area contributed by atoms with E-state index < -0.39 is 27.2 Å². The van der Waals surface area contributed by atoms with Crippen LogP contribution < -0.4 is 5.32 Å². The van der Waals surface area contributed by atoms with Crippen molar-refractivity contribution in [3.05, 3.63) is 30.1 Å². The lowest BCUT2D eigenvalue weighted by molar-refractivity contribution is -0.148. The Morgan fingerprint density at radius 3 is 2.62 bits per heavy atom.